The van der Waals surface area contributed by atoms with Gasteiger partial charge in [-0.2, -0.15) is 0 Å². The Bertz CT molecular complexity index is 219. The minimum absolute atomic E-state index is 0.0145. The Kier molecular flexibility index (Phi) is 1.78. The van der Waals surface area contributed by atoms with E-state index in [0.717, 1.165) is 5.76 Å². The SMILES string of the molecule is CC(C)(C)c1occc1Cl. The minimum Gasteiger partial charge on any atom is -0.467 e. The van der Waals surface area contributed by atoms with E-state index in [1.807, 2.05) is 0 Å². The summed E-state index contributed by atoms with van der Waals surface area (Å²) in [6.07, 6.45) is 1.61. The van der Waals surface area contributed by atoms with E-state index in [-0.39, 0.29) is 5.41 Å². The zero-order valence-corrected chi connectivity index (χ0v) is 7.20. The molecule has 0 aliphatic rings. The van der Waals surface area contributed by atoms with Crippen LogP contribution in [0.1, 0.15) is 26.5 Å². The lowest BCUT2D eigenvalue weighted by atomic mass is 9.93. The number of hydrogen-bond acceptors (Lipinski definition) is 1. The molecule has 1 aromatic rings. The molecule has 0 unspecified atom stereocenters. The van der Waals surface area contributed by atoms with Crippen molar-refractivity contribution < 1.29 is 4.42 Å². The van der Waals surface area contributed by atoms with Crippen LogP contribution in [0.5, 0.6) is 0 Å². The third kappa shape index (κ3) is 1.35. The Morgan fingerprint density at radius 1 is 1.40 bits per heavy atom. The van der Waals surface area contributed by atoms with Crippen molar-refractivity contribution in [3.63, 3.8) is 0 Å². The summed E-state index contributed by atoms with van der Waals surface area (Å²) in [5.74, 6) is 0.856. The molecule has 1 heterocycles. The van der Waals surface area contributed by atoms with E-state index in [9.17, 15) is 0 Å². The van der Waals surface area contributed by atoms with E-state index in [2.05, 4.69) is 20.8 Å². The van der Waals surface area contributed by atoms with Crippen LogP contribution in [0.4, 0.5) is 0 Å². The molecule has 56 valence electrons. The van der Waals surface area contributed by atoms with Crippen LogP contribution in [-0.2, 0) is 5.41 Å². The molecule has 0 saturated heterocycles. The fraction of sp³-hybridized carbons (Fsp3) is 0.500. The summed E-state index contributed by atoms with van der Waals surface area (Å²) in [6, 6.07) is 1.77. The second-order valence-electron chi connectivity index (χ2n) is 3.35. The van der Waals surface area contributed by atoms with Gasteiger partial charge in [-0.05, 0) is 6.07 Å². The predicted molar refractivity (Wildman–Crippen MR) is 42.4 cm³/mol. The van der Waals surface area contributed by atoms with Crippen molar-refractivity contribution in [2.24, 2.45) is 0 Å². The van der Waals surface area contributed by atoms with Crippen molar-refractivity contribution in [3.8, 4) is 0 Å². The summed E-state index contributed by atoms with van der Waals surface area (Å²) in [4.78, 5) is 0. The summed E-state index contributed by atoms with van der Waals surface area (Å²) in [5.41, 5.74) is 0.0145. The Morgan fingerprint density at radius 3 is 2.20 bits per heavy atom. The van der Waals surface area contributed by atoms with Crippen LogP contribution in [0.15, 0.2) is 16.7 Å². The molecule has 0 aliphatic heterocycles. The van der Waals surface area contributed by atoms with E-state index in [1.165, 1.54) is 0 Å². The summed E-state index contributed by atoms with van der Waals surface area (Å²) >= 11 is 5.83. The lowest BCUT2D eigenvalue weighted by Crippen LogP contribution is -2.09. The average Bonchev–Trinajstić information content (AvgIpc) is 2.11. The second-order valence-corrected chi connectivity index (χ2v) is 3.75. The van der Waals surface area contributed by atoms with Gasteiger partial charge in [0.2, 0.25) is 0 Å². The molecule has 10 heavy (non-hydrogen) atoms. The molecule has 0 radical (unpaired) electrons. The average molecular weight is 159 g/mol. The van der Waals surface area contributed by atoms with Gasteiger partial charge in [-0.1, -0.05) is 32.4 Å². The molecule has 1 aromatic heterocycles. The topological polar surface area (TPSA) is 13.1 Å². The van der Waals surface area contributed by atoms with Gasteiger partial charge in [0, 0.05) is 5.41 Å². The number of furan rings is 1. The zero-order chi connectivity index (χ0) is 7.78. The summed E-state index contributed by atoms with van der Waals surface area (Å²) in [5, 5.41) is 0.715. The molecule has 0 aliphatic carbocycles. The lowest BCUT2D eigenvalue weighted by Gasteiger charge is -2.14. The number of halogens is 1. The second kappa shape index (κ2) is 2.31. The van der Waals surface area contributed by atoms with Gasteiger partial charge >= 0.3 is 0 Å². The quantitative estimate of drug-likeness (QED) is 0.565. The first-order valence-electron chi connectivity index (χ1n) is 3.25. The Hall–Kier alpha value is -0.430. The fourth-order valence-corrected chi connectivity index (χ4v) is 1.21. The Morgan fingerprint density at radius 2 is 2.00 bits per heavy atom. The molecule has 0 N–H and O–H groups in total. The third-order valence-corrected chi connectivity index (χ3v) is 1.60. The van der Waals surface area contributed by atoms with Gasteiger partial charge < -0.3 is 4.42 Å². The van der Waals surface area contributed by atoms with Gasteiger partial charge in [-0.3, -0.25) is 0 Å². The molecule has 0 aromatic carbocycles. The normalized spacial score (nSPS) is 12.0. The Balaban J connectivity index is 3.05. The minimum atomic E-state index is 0.0145. The highest BCUT2D eigenvalue weighted by molar-refractivity contribution is 6.31. The van der Waals surface area contributed by atoms with Gasteiger partial charge in [0.1, 0.15) is 5.76 Å². The van der Waals surface area contributed by atoms with Crippen LogP contribution in [0.2, 0.25) is 5.02 Å². The number of hydrogen-bond donors (Lipinski definition) is 0. The summed E-state index contributed by atoms with van der Waals surface area (Å²) < 4.78 is 5.20. The molecular weight excluding hydrogens is 148 g/mol. The zero-order valence-electron chi connectivity index (χ0n) is 6.44. The van der Waals surface area contributed by atoms with Crippen LogP contribution < -0.4 is 0 Å². The van der Waals surface area contributed by atoms with E-state index in [0.29, 0.717) is 5.02 Å². The first-order valence-corrected chi connectivity index (χ1v) is 3.63. The van der Waals surface area contributed by atoms with Crippen LogP contribution in [-0.4, -0.2) is 0 Å². The van der Waals surface area contributed by atoms with Crippen molar-refractivity contribution in [3.05, 3.63) is 23.1 Å². The maximum Gasteiger partial charge on any atom is 0.127 e. The van der Waals surface area contributed by atoms with Crippen molar-refractivity contribution in [1.82, 2.24) is 0 Å². The maximum atomic E-state index is 5.83. The van der Waals surface area contributed by atoms with Gasteiger partial charge in [-0.15, -0.1) is 0 Å². The van der Waals surface area contributed by atoms with E-state index >= 15 is 0 Å². The van der Waals surface area contributed by atoms with Crippen LogP contribution in [0.3, 0.4) is 0 Å². The van der Waals surface area contributed by atoms with Gasteiger partial charge in [0.05, 0.1) is 11.3 Å². The largest absolute Gasteiger partial charge is 0.467 e. The lowest BCUT2D eigenvalue weighted by molar-refractivity contribution is 0.410. The highest BCUT2D eigenvalue weighted by atomic mass is 35.5. The highest BCUT2D eigenvalue weighted by Gasteiger charge is 2.20. The summed E-state index contributed by atoms with van der Waals surface area (Å²) in [6.45, 7) is 6.20. The standard InChI is InChI=1S/C8H11ClO/c1-8(2,3)7-6(9)4-5-10-7/h4-5H,1-3H3. The van der Waals surface area contributed by atoms with E-state index in [1.54, 1.807) is 12.3 Å². The molecule has 2 heteroatoms. The molecule has 0 spiro atoms. The molecule has 0 saturated carbocycles. The summed E-state index contributed by atoms with van der Waals surface area (Å²) in [7, 11) is 0. The van der Waals surface area contributed by atoms with Gasteiger partial charge in [0.25, 0.3) is 0 Å². The smallest absolute Gasteiger partial charge is 0.127 e. The molecular formula is C8H11ClO. The fourth-order valence-electron chi connectivity index (χ4n) is 0.829. The highest BCUT2D eigenvalue weighted by Crippen LogP contribution is 2.29. The monoisotopic (exact) mass is 158 g/mol. The van der Waals surface area contributed by atoms with Crippen LogP contribution >= 0.6 is 11.6 Å². The number of rotatable bonds is 0. The third-order valence-electron chi connectivity index (χ3n) is 1.30. The molecule has 1 nitrogen and oxygen atoms in total. The van der Waals surface area contributed by atoms with E-state index < -0.39 is 0 Å². The molecule has 0 amide bonds. The van der Waals surface area contributed by atoms with Crippen LogP contribution in [0, 0.1) is 0 Å². The molecule has 1 rings (SSSR count). The molecule has 0 atom stereocenters. The van der Waals surface area contributed by atoms with Crippen molar-refractivity contribution in [2.45, 2.75) is 26.2 Å². The molecule has 0 fully saturated rings. The molecule has 0 bridgehead atoms. The van der Waals surface area contributed by atoms with E-state index in [4.69, 9.17) is 16.0 Å². The van der Waals surface area contributed by atoms with Crippen molar-refractivity contribution >= 4 is 11.6 Å². The predicted octanol–water partition coefficient (Wildman–Crippen LogP) is 3.23. The van der Waals surface area contributed by atoms with Crippen LogP contribution in [0.25, 0.3) is 0 Å². The maximum absolute atomic E-state index is 5.83. The van der Waals surface area contributed by atoms with Gasteiger partial charge in [0.15, 0.2) is 0 Å². The van der Waals surface area contributed by atoms with Crippen molar-refractivity contribution in [1.29, 1.82) is 0 Å². The van der Waals surface area contributed by atoms with Gasteiger partial charge in [-0.25, -0.2) is 0 Å². The van der Waals surface area contributed by atoms with Crippen molar-refractivity contribution in [2.75, 3.05) is 0 Å². The Labute approximate surface area is 66.0 Å². The first kappa shape index (κ1) is 7.67. The first-order chi connectivity index (χ1) is 4.52.